The Bertz CT molecular complexity index is 711. The van der Waals surface area contributed by atoms with Gasteiger partial charge in [-0.15, -0.1) is 12.4 Å². The fourth-order valence-electron chi connectivity index (χ4n) is 2.01. The summed E-state index contributed by atoms with van der Waals surface area (Å²) >= 11 is 0. The SMILES string of the molecule is CCn1nc(C)cc1S(=O)(=O)NCc1ccc(CN)cc1.Cl. The molecule has 0 fully saturated rings. The third-order valence-electron chi connectivity index (χ3n) is 3.17. The molecule has 1 aromatic carbocycles. The molecule has 1 aromatic heterocycles. The van der Waals surface area contributed by atoms with Gasteiger partial charge in [-0.3, -0.25) is 4.68 Å². The van der Waals surface area contributed by atoms with E-state index < -0.39 is 10.0 Å². The minimum atomic E-state index is -3.57. The second-order valence-electron chi connectivity index (χ2n) is 4.78. The maximum absolute atomic E-state index is 12.3. The molecule has 0 saturated carbocycles. The summed E-state index contributed by atoms with van der Waals surface area (Å²) in [5, 5.41) is 4.35. The topological polar surface area (TPSA) is 90.0 Å². The van der Waals surface area contributed by atoms with E-state index in [4.69, 9.17) is 5.73 Å². The second kappa shape index (κ2) is 7.73. The van der Waals surface area contributed by atoms with Crippen LogP contribution >= 0.6 is 12.4 Å². The van der Waals surface area contributed by atoms with Crippen LogP contribution in [0.1, 0.15) is 23.7 Å². The van der Waals surface area contributed by atoms with Crippen LogP contribution in [0.25, 0.3) is 0 Å². The summed E-state index contributed by atoms with van der Waals surface area (Å²) in [7, 11) is -3.57. The largest absolute Gasteiger partial charge is 0.326 e. The van der Waals surface area contributed by atoms with Gasteiger partial charge in [0.15, 0.2) is 5.03 Å². The number of sulfonamides is 1. The van der Waals surface area contributed by atoms with Gasteiger partial charge in [-0.25, -0.2) is 13.1 Å². The molecule has 122 valence electrons. The number of aromatic nitrogens is 2. The molecule has 0 aliphatic rings. The van der Waals surface area contributed by atoms with E-state index in [2.05, 4.69) is 9.82 Å². The summed E-state index contributed by atoms with van der Waals surface area (Å²) < 4.78 is 28.7. The highest BCUT2D eigenvalue weighted by molar-refractivity contribution is 7.89. The fourth-order valence-corrected chi connectivity index (χ4v) is 3.29. The lowest BCUT2D eigenvalue weighted by Gasteiger charge is -2.08. The highest BCUT2D eigenvalue weighted by Gasteiger charge is 2.19. The van der Waals surface area contributed by atoms with Crippen LogP contribution in [0.15, 0.2) is 35.4 Å². The van der Waals surface area contributed by atoms with Gasteiger partial charge in [-0.1, -0.05) is 24.3 Å². The molecule has 1 heterocycles. The van der Waals surface area contributed by atoms with E-state index in [1.807, 2.05) is 31.2 Å². The molecule has 2 rings (SSSR count). The smallest absolute Gasteiger partial charge is 0.258 e. The zero-order valence-electron chi connectivity index (χ0n) is 12.6. The number of aryl methyl sites for hydroxylation is 2. The molecule has 0 amide bonds. The van der Waals surface area contributed by atoms with Crippen molar-refractivity contribution in [1.29, 1.82) is 0 Å². The molecular weight excluding hydrogens is 324 g/mol. The van der Waals surface area contributed by atoms with Crippen LogP contribution in [0.3, 0.4) is 0 Å². The minimum absolute atomic E-state index is 0. The highest BCUT2D eigenvalue weighted by atomic mass is 35.5. The molecule has 0 spiro atoms. The zero-order valence-corrected chi connectivity index (χ0v) is 14.2. The second-order valence-corrected chi connectivity index (χ2v) is 6.50. The third-order valence-corrected chi connectivity index (χ3v) is 4.57. The maximum atomic E-state index is 12.3. The first-order chi connectivity index (χ1) is 9.96. The van der Waals surface area contributed by atoms with E-state index >= 15 is 0 Å². The fraction of sp³-hybridized carbons (Fsp3) is 0.357. The molecule has 0 saturated heterocycles. The standard InChI is InChI=1S/C14H20N4O2S.ClH/c1-3-18-14(8-11(2)17-18)21(19,20)16-10-13-6-4-12(9-15)5-7-13;/h4-8,16H,3,9-10,15H2,1-2H3;1H. The number of nitrogens with two attached hydrogens (primary N) is 1. The minimum Gasteiger partial charge on any atom is -0.326 e. The van der Waals surface area contributed by atoms with Gasteiger partial charge in [0.05, 0.1) is 5.69 Å². The monoisotopic (exact) mass is 344 g/mol. The van der Waals surface area contributed by atoms with E-state index in [-0.39, 0.29) is 24.0 Å². The molecule has 22 heavy (non-hydrogen) atoms. The van der Waals surface area contributed by atoms with Crippen molar-refractivity contribution < 1.29 is 8.42 Å². The Balaban J connectivity index is 0.00000242. The van der Waals surface area contributed by atoms with Crippen LogP contribution < -0.4 is 10.5 Å². The van der Waals surface area contributed by atoms with Gasteiger partial charge in [-0.05, 0) is 31.0 Å². The molecular formula is C14H21ClN4O2S. The van der Waals surface area contributed by atoms with Gasteiger partial charge >= 0.3 is 0 Å². The number of hydrogen-bond acceptors (Lipinski definition) is 4. The molecule has 0 aliphatic heterocycles. The summed E-state index contributed by atoms with van der Waals surface area (Å²) in [5.41, 5.74) is 8.12. The van der Waals surface area contributed by atoms with E-state index in [0.717, 1.165) is 11.1 Å². The Kier molecular flexibility index (Phi) is 6.55. The van der Waals surface area contributed by atoms with Gasteiger partial charge in [-0.2, -0.15) is 5.10 Å². The maximum Gasteiger partial charge on any atom is 0.258 e. The van der Waals surface area contributed by atoms with Crippen LogP contribution in [0.2, 0.25) is 0 Å². The van der Waals surface area contributed by atoms with Crippen LogP contribution in [-0.2, 0) is 29.7 Å². The van der Waals surface area contributed by atoms with Crippen molar-refractivity contribution in [3.8, 4) is 0 Å². The molecule has 0 bridgehead atoms. The number of rotatable bonds is 6. The van der Waals surface area contributed by atoms with Crippen LogP contribution in [-0.4, -0.2) is 18.2 Å². The Labute approximate surface area is 137 Å². The summed E-state index contributed by atoms with van der Waals surface area (Å²) in [6.45, 7) is 4.85. The first kappa shape index (κ1) is 18.6. The molecule has 6 nitrogen and oxygen atoms in total. The van der Waals surface area contributed by atoms with E-state index in [0.29, 0.717) is 18.8 Å². The first-order valence-electron chi connectivity index (χ1n) is 6.78. The molecule has 3 N–H and O–H groups in total. The number of benzene rings is 1. The van der Waals surface area contributed by atoms with Crippen LogP contribution in [0, 0.1) is 6.92 Å². The summed E-state index contributed by atoms with van der Waals surface area (Å²) in [6, 6.07) is 9.09. The molecule has 0 atom stereocenters. The van der Waals surface area contributed by atoms with Crippen LogP contribution in [0.5, 0.6) is 0 Å². The number of nitrogens with one attached hydrogen (secondary N) is 1. The Hall–Kier alpha value is -1.41. The van der Waals surface area contributed by atoms with Crippen molar-refractivity contribution in [3.05, 3.63) is 47.2 Å². The summed E-state index contributed by atoms with van der Waals surface area (Å²) in [6.07, 6.45) is 0. The van der Waals surface area contributed by atoms with E-state index in [1.54, 1.807) is 13.0 Å². The highest BCUT2D eigenvalue weighted by Crippen LogP contribution is 2.12. The number of nitrogens with zero attached hydrogens (tertiary/aromatic N) is 2. The molecule has 8 heteroatoms. The summed E-state index contributed by atoms with van der Waals surface area (Å²) in [4.78, 5) is 0. The Morgan fingerprint density at radius 2 is 1.82 bits per heavy atom. The molecule has 0 aliphatic carbocycles. The number of halogens is 1. The molecule has 0 radical (unpaired) electrons. The van der Waals surface area contributed by atoms with E-state index in [9.17, 15) is 8.42 Å². The normalized spacial score (nSPS) is 11.2. The third kappa shape index (κ3) is 4.30. The lowest BCUT2D eigenvalue weighted by molar-refractivity contribution is 0.542. The van der Waals surface area contributed by atoms with Crippen molar-refractivity contribution in [2.75, 3.05) is 0 Å². The number of hydrogen-bond donors (Lipinski definition) is 2. The van der Waals surface area contributed by atoms with Crippen molar-refractivity contribution in [1.82, 2.24) is 14.5 Å². The quantitative estimate of drug-likeness (QED) is 0.832. The van der Waals surface area contributed by atoms with Crippen LogP contribution in [0.4, 0.5) is 0 Å². The lowest BCUT2D eigenvalue weighted by atomic mass is 10.1. The molecule has 0 unspecified atom stereocenters. The van der Waals surface area contributed by atoms with E-state index in [1.165, 1.54) is 4.68 Å². The first-order valence-corrected chi connectivity index (χ1v) is 8.26. The Morgan fingerprint density at radius 1 is 1.23 bits per heavy atom. The average molecular weight is 345 g/mol. The van der Waals surface area contributed by atoms with Gasteiger partial charge in [0.2, 0.25) is 0 Å². The predicted molar refractivity (Wildman–Crippen MR) is 88.2 cm³/mol. The predicted octanol–water partition coefficient (Wildman–Crippen LogP) is 1.57. The Morgan fingerprint density at radius 3 is 2.36 bits per heavy atom. The van der Waals surface area contributed by atoms with Gasteiger partial charge in [0, 0.05) is 19.6 Å². The van der Waals surface area contributed by atoms with Crippen molar-refractivity contribution >= 4 is 22.4 Å². The lowest BCUT2D eigenvalue weighted by Crippen LogP contribution is -2.25. The van der Waals surface area contributed by atoms with Gasteiger partial charge in [0.1, 0.15) is 0 Å². The van der Waals surface area contributed by atoms with Crippen molar-refractivity contribution in [2.24, 2.45) is 5.73 Å². The summed E-state index contributed by atoms with van der Waals surface area (Å²) in [5.74, 6) is 0. The zero-order chi connectivity index (χ0) is 15.5. The average Bonchev–Trinajstić information content (AvgIpc) is 2.88. The van der Waals surface area contributed by atoms with Crippen molar-refractivity contribution in [3.63, 3.8) is 0 Å². The molecule has 2 aromatic rings. The van der Waals surface area contributed by atoms with Crippen molar-refractivity contribution in [2.45, 2.75) is 38.5 Å². The van der Waals surface area contributed by atoms with Gasteiger partial charge < -0.3 is 5.73 Å². The van der Waals surface area contributed by atoms with Gasteiger partial charge in [0.25, 0.3) is 10.0 Å².